The second-order valence-electron chi connectivity index (χ2n) is 6.80. The molecule has 1 N–H and O–H groups in total. The molecule has 0 radical (unpaired) electrons. The fourth-order valence-electron chi connectivity index (χ4n) is 3.59. The summed E-state index contributed by atoms with van der Waals surface area (Å²) >= 11 is 0. The first kappa shape index (κ1) is 19.6. The first-order valence-corrected chi connectivity index (χ1v) is 9.20. The lowest BCUT2D eigenvalue weighted by Crippen LogP contribution is -2.48. The Hall–Kier alpha value is -3.17. The Bertz CT molecular complexity index is 929. The molecule has 0 aromatic heterocycles. The summed E-state index contributed by atoms with van der Waals surface area (Å²) in [7, 11) is 1.49. The van der Waals surface area contributed by atoms with Crippen LogP contribution in [0.25, 0.3) is 11.1 Å². The Morgan fingerprint density at radius 3 is 2.71 bits per heavy atom. The first-order chi connectivity index (χ1) is 13.6. The predicted octanol–water partition coefficient (Wildman–Crippen LogP) is 3.13. The number of piperidine rings is 1. The third-order valence-corrected chi connectivity index (χ3v) is 5.14. The van der Waals surface area contributed by atoms with E-state index >= 15 is 0 Å². The van der Waals surface area contributed by atoms with Crippen LogP contribution in [-0.2, 0) is 4.84 Å². The van der Waals surface area contributed by atoms with Crippen molar-refractivity contribution in [3.63, 3.8) is 0 Å². The van der Waals surface area contributed by atoms with Gasteiger partial charge in [-0.3, -0.25) is 4.79 Å². The van der Waals surface area contributed by atoms with Gasteiger partial charge in [0.05, 0.1) is 30.0 Å². The van der Waals surface area contributed by atoms with Crippen LogP contribution in [0.15, 0.2) is 47.6 Å². The Morgan fingerprint density at radius 1 is 1.32 bits per heavy atom. The molecular weight excluding hydrogens is 354 g/mol. The summed E-state index contributed by atoms with van der Waals surface area (Å²) in [4.78, 5) is 19.5. The molecule has 1 fully saturated rings. The lowest BCUT2D eigenvalue weighted by Gasteiger charge is -2.35. The molecule has 28 heavy (non-hydrogen) atoms. The monoisotopic (exact) mass is 377 g/mol. The third kappa shape index (κ3) is 3.90. The highest BCUT2D eigenvalue weighted by Gasteiger charge is 2.30. The molecular formula is C22H23N3O3. The van der Waals surface area contributed by atoms with E-state index in [0.29, 0.717) is 30.5 Å². The minimum Gasteiger partial charge on any atom is -0.399 e. The van der Waals surface area contributed by atoms with Gasteiger partial charge in [-0.25, -0.2) is 0 Å². The van der Waals surface area contributed by atoms with Crippen LogP contribution in [0, 0.1) is 18.3 Å². The van der Waals surface area contributed by atoms with Gasteiger partial charge in [-0.05, 0) is 41.8 Å². The van der Waals surface area contributed by atoms with Crippen LogP contribution in [0.4, 0.5) is 0 Å². The van der Waals surface area contributed by atoms with Crippen LogP contribution in [0.5, 0.6) is 0 Å². The summed E-state index contributed by atoms with van der Waals surface area (Å²) in [5, 5.41) is 22.9. The smallest absolute Gasteiger partial charge is 0.254 e. The second-order valence-corrected chi connectivity index (χ2v) is 6.80. The molecule has 6 heteroatoms. The number of amides is 1. The van der Waals surface area contributed by atoms with Gasteiger partial charge >= 0.3 is 0 Å². The number of benzene rings is 2. The molecule has 1 aliphatic heterocycles. The number of hydrogen-bond acceptors (Lipinski definition) is 5. The lowest BCUT2D eigenvalue weighted by molar-refractivity contribution is 0.0581. The van der Waals surface area contributed by atoms with E-state index in [1.807, 2.05) is 31.2 Å². The fraction of sp³-hybridized carbons (Fsp3) is 0.318. The topological polar surface area (TPSA) is 85.9 Å². The van der Waals surface area contributed by atoms with Crippen molar-refractivity contribution in [2.75, 3.05) is 20.3 Å². The number of carbonyl (C=O) groups excluding carboxylic acids is 1. The van der Waals surface area contributed by atoms with Crippen molar-refractivity contribution in [2.24, 2.45) is 5.16 Å². The molecule has 1 atom stereocenters. The molecule has 0 saturated carbocycles. The normalized spacial score (nSPS) is 18.0. The summed E-state index contributed by atoms with van der Waals surface area (Å²) in [5.41, 5.74) is 4.93. The van der Waals surface area contributed by atoms with Crippen molar-refractivity contribution in [2.45, 2.75) is 25.8 Å². The highest BCUT2D eigenvalue weighted by Crippen LogP contribution is 2.26. The van der Waals surface area contributed by atoms with Gasteiger partial charge in [0.25, 0.3) is 5.91 Å². The Labute approximate surface area is 164 Å². The molecule has 0 spiro atoms. The Morgan fingerprint density at radius 2 is 2.07 bits per heavy atom. The van der Waals surface area contributed by atoms with Crippen LogP contribution in [0.1, 0.15) is 34.3 Å². The first-order valence-electron chi connectivity index (χ1n) is 9.20. The number of aliphatic hydroxyl groups excluding tert-OH is 1. The summed E-state index contributed by atoms with van der Waals surface area (Å²) in [5.74, 6) is -0.107. The minimum atomic E-state index is -0.301. The molecule has 2 aromatic carbocycles. The van der Waals surface area contributed by atoms with Crippen LogP contribution < -0.4 is 0 Å². The summed E-state index contributed by atoms with van der Waals surface area (Å²) in [6.07, 6.45) is 1.14. The predicted molar refractivity (Wildman–Crippen MR) is 107 cm³/mol. The van der Waals surface area contributed by atoms with Crippen molar-refractivity contribution < 1.29 is 14.7 Å². The van der Waals surface area contributed by atoms with Gasteiger partial charge in [-0.15, -0.1) is 0 Å². The molecule has 0 aliphatic carbocycles. The molecule has 0 bridgehead atoms. The average Bonchev–Trinajstić information content (AvgIpc) is 2.74. The van der Waals surface area contributed by atoms with Gasteiger partial charge < -0.3 is 14.8 Å². The van der Waals surface area contributed by atoms with Crippen LogP contribution in [0.2, 0.25) is 0 Å². The summed E-state index contributed by atoms with van der Waals surface area (Å²) in [6, 6.07) is 14.9. The van der Waals surface area contributed by atoms with Crippen molar-refractivity contribution >= 4 is 11.6 Å². The van der Waals surface area contributed by atoms with E-state index in [-0.39, 0.29) is 18.6 Å². The van der Waals surface area contributed by atoms with E-state index in [9.17, 15) is 15.2 Å². The van der Waals surface area contributed by atoms with Crippen LogP contribution in [-0.4, -0.2) is 47.9 Å². The highest BCUT2D eigenvalue weighted by molar-refractivity contribution is 5.97. The van der Waals surface area contributed by atoms with E-state index in [0.717, 1.165) is 22.4 Å². The van der Waals surface area contributed by atoms with Gasteiger partial charge in [0.1, 0.15) is 7.11 Å². The Balaban J connectivity index is 1.81. The van der Waals surface area contributed by atoms with E-state index in [1.54, 1.807) is 23.1 Å². The van der Waals surface area contributed by atoms with Gasteiger partial charge in [0, 0.05) is 24.9 Å². The number of likely N-dealkylation sites (tertiary alicyclic amines) is 1. The van der Waals surface area contributed by atoms with E-state index in [2.05, 4.69) is 11.2 Å². The zero-order chi connectivity index (χ0) is 20.1. The standard InChI is InChI=1S/C22H23N3O3/c1-15-18(13-23)4-3-5-21(15)16-6-8-17(9-7-16)22(27)25-11-10-19(24-28-2)12-20(25)14-26/h3-9,20,26H,10-12,14H2,1-2H3/b24-19-/t20-/m0/s1. The van der Waals surface area contributed by atoms with E-state index in [1.165, 1.54) is 7.11 Å². The number of carbonyl (C=O) groups is 1. The number of hydrogen-bond donors (Lipinski definition) is 1. The second kappa shape index (κ2) is 8.68. The zero-order valence-corrected chi connectivity index (χ0v) is 16.1. The number of nitrogens with zero attached hydrogens (tertiary/aromatic N) is 3. The molecule has 3 rings (SSSR count). The molecule has 6 nitrogen and oxygen atoms in total. The molecule has 1 aliphatic rings. The maximum Gasteiger partial charge on any atom is 0.254 e. The largest absolute Gasteiger partial charge is 0.399 e. The molecule has 1 heterocycles. The van der Waals surface area contributed by atoms with Gasteiger partial charge in [-0.1, -0.05) is 29.4 Å². The van der Waals surface area contributed by atoms with Crippen LogP contribution >= 0.6 is 0 Å². The summed E-state index contributed by atoms with van der Waals surface area (Å²) < 4.78 is 0. The molecule has 1 amide bonds. The van der Waals surface area contributed by atoms with Gasteiger partial charge in [0.15, 0.2) is 0 Å². The summed E-state index contributed by atoms with van der Waals surface area (Å²) in [6.45, 7) is 2.30. The van der Waals surface area contributed by atoms with Gasteiger partial charge in [0.2, 0.25) is 0 Å². The van der Waals surface area contributed by atoms with Crippen molar-refractivity contribution in [1.82, 2.24) is 4.90 Å². The lowest BCUT2D eigenvalue weighted by atomic mass is 9.95. The zero-order valence-electron chi connectivity index (χ0n) is 16.1. The average molecular weight is 377 g/mol. The van der Waals surface area contributed by atoms with Crippen molar-refractivity contribution in [3.8, 4) is 17.2 Å². The third-order valence-electron chi connectivity index (χ3n) is 5.14. The minimum absolute atomic E-state index is 0.107. The molecule has 0 unspecified atom stereocenters. The van der Waals surface area contributed by atoms with E-state index in [4.69, 9.17) is 4.84 Å². The highest BCUT2D eigenvalue weighted by atomic mass is 16.6. The molecule has 2 aromatic rings. The molecule has 1 saturated heterocycles. The number of aliphatic hydroxyl groups is 1. The maximum atomic E-state index is 12.9. The fourth-order valence-corrected chi connectivity index (χ4v) is 3.59. The number of rotatable bonds is 4. The van der Waals surface area contributed by atoms with Gasteiger partial charge in [-0.2, -0.15) is 5.26 Å². The number of oxime groups is 1. The van der Waals surface area contributed by atoms with Crippen LogP contribution in [0.3, 0.4) is 0 Å². The van der Waals surface area contributed by atoms with Crippen molar-refractivity contribution in [3.05, 3.63) is 59.2 Å². The number of nitriles is 1. The quantitative estimate of drug-likeness (QED) is 0.830. The van der Waals surface area contributed by atoms with Crippen molar-refractivity contribution in [1.29, 1.82) is 5.26 Å². The van der Waals surface area contributed by atoms with E-state index < -0.39 is 0 Å². The maximum absolute atomic E-state index is 12.9. The Kier molecular flexibility index (Phi) is 6.07. The SMILES string of the molecule is CO/N=C1/CCN(C(=O)c2ccc(-c3cccc(C#N)c3C)cc2)[C@H](CO)C1. The molecule has 144 valence electrons.